The molecule has 8 aromatic carbocycles. The highest BCUT2D eigenvalue weighted by atomic mass is 16.3. The minimum atomic E-state index is 0.856. The van der Waals surface area contributed by atoms with Crippen molar-refractivity contribution in [1.29, 1.82) is 0 Å². The van der Waals surface area contributed by atoms with Crippen LogP contribution in [0.25, 0.3) is 71.7 Å². The van der Waals surface area contributed by atoms with E-state index >= 15 is 0 Å². The van der Waals surface area contributed by atoms with Crippen LogP contribution in [0.1, 0.15) is 11.1 Å². The normalized spacial score (nSPS) is 11.6. The summed E-state index contributed by atoms with van der Waals surface area (Å²) in [7, 11) is 0. The minimum Gasteiger partial charge on any atom is -0.456 e. The van der Waals surface area contributed by atoms with E-state index < -0.39 is 0 Å². The van der Waals surface area contributed by atoms with Crippen LogP contribution in [0.5, 0.6) is 0 Å². The zero-order valence-corrected chi connectivity index (χ0v) is 29.6. The fourth-order valence-electron chi connectivity index (χ4n) is 7.88. The third kappa shape index (κ3) is 5.37. The van der Waals surface area contributed by atoms with Gasteiger partial charge in [-0.1, -0.05) is 108 Å². The number of hydrogen-bond acceptors (Lipinski definition) is 2. The molecule has 3 nitrogen and oxygen atoms in total. The number of hydrogen-bond donors (Lipinski definition) is 0. The van der Waals surface area contributed by atoms with Crippen molar-refractivity contribution in [1.82, 2.24) is 4.57 Å². The summed E-state index contributed by atoms with van der Waals surface area (Å²) in [5, 5.41) is 4.75. The van der Waals surface area contributed by atoms with E-state index in [4.69, 9.17) is 4.42 Å². The first-order valence-electron chi connectivity index (χ1n) is 18.2. The molecule has 0 saturated heterocycles. The summed E-state index contributed by atoms with van der Waals surface area (Å²) in [6, 6.07) is 65.4. The summed E-state index contributed by atoms with van der Waals surface area (Å²) < 4.78 is 9.00. The third-order valence-corrected chi connectivity index (χ3v) is 10.5. The molecule has 10 rings (SSSR count). The van der Waals surface area contributed by atoms with Crippen molar-refractivity contribution in [3.05, 3.63) is 193 Å². The molecule has 0 aliphatic heterocycles. The maximum absolute atomic E-state index is 6.61. The van der Waals surface area contributed by atoms with Crippen LogP contribution in [-0.2, 0) is 0 Å². The average molecular weight is 681 g/mol. The summed E-state index contributed by atoms with van der Waals surface area (Å²) in [6.45, 7) is 4.33. The van der Waals surface area contributed by atoms with Crippen LogP contribution in [0, 0.1) is 13.8 Å². The molecular formula is C50H36N2O. The van der Waals surface area contributed by atoms with E-state index in [1.165, 1.54) is 55.2 Å². The number of fused-ring (bicyclic) bond motifs is 6. The van der Waals surface area contributed by atoms with Crippen LogP contribution in [0.2, 0.25) is 0 Å². The number of rotatable bonds is 6. The minimum absolute atomic E-state index is 0.856. The fraction of sp³-hybridized carbons (Fsp3) is 0.0400. The molecule has 0 spiro atoms. The lowest BCUT2D eigenvalue weighted by Crippen LogP contribution is -2.09. The van der Waals surface area contributed by atoms with E-state index in [-0.39, 0.29) is 0 Å². The zero-order valence-electron chi connectivity index (χ0n) is 29.6. The van der Waals surface area contributed by atoms with Crippen molar-refractivity contribution in [2.24, 2.45) is 0 Å². The van der Waals surface area contributed by atoms with Gasteiger partial charge in [0.1, 0.15) is 11.2 Å². The molecule has 3 heteroatoms. The van der Waals surface area contributed by atoms with Gasteiger partial charge < -0.3 is 13.9 Å². The van der Waals surface area contributed by atoms with Crippen molar-refractivity contribution in [3.63, 3.8) is 0 Å². The van der Waals surface area contributed by atoms with Gasteiger partial charge in [-0.3, -0.25) is 0 Å². The Morgan fingerprint density at radius 1 is 0.377 bits per heavy atom. The number of nitrogens with zero attached hydrogens (tertiary/aromatic N) is 2. The van der Waals surface area contributed by atoms with Gasteiger partial charge in [-0.05, 0) is 115 Å². The predicted molar refractivity (Wildman–Crippen MR) is 223 cm³/mol. The number of aromatic nitrogens is 1. The van der Waals surface area contributed by atoms with Crippen molar-refractivity contribution >= 4 is 60.8 Å². The molecule has 0 aliphatic carbocycles. The van der Waals surface area contributed by atoms with Crippen LogP contribution in [0.3, 0.4) is 0 Å². The molecule has 10 aromatic rings. The van der Waals surface area contributed by atoms with Crippen LogP contribution >= 0.6 is 0 Å². The smallest absolute Gasteiger partial charge is 0.137 e. The van der Waals surface area contributed by atoms with Gasteiger partial charge in [-0.15, -0.1) is 0 Å². The van der Waals surface area contributed by atoms with Gasteiger partial charge in [0.25, 0.3) is 0 Å². The maximum atomic E-state index is 6.61. The quantitative estimate of drug-likeness (QED) is 0.174. The fourth-order valence-corrected chi connectivity index (χ4v) is 7.88. The van der Waals surface area contributed by atoms with Crippen molar-refractivity contribution in [2.75, 3.05) is 4.90 Å². The first-order valence-corrected chi connectivity index (χ1v) is 18.2. The van der Waals surface area contributed by atoms with Crippen molar-refractivity contribution in [2.45, 2.75) is 13.8 Å². The summed E-state index contributed by atoms with van der Waals surface area (Å²) in [4.78, 5) is 2.31. The largest absolute Gasteiger partial charge is 0.456 e. The Morgan fingerprint density at radius 2 is 0.887 bits per heavy atom. The van der Waals surface area contributed by atoms with E-state index in [9.17, 15) is 0 Å². The Bertz CT molecular complexity index is 2790. The molecule has 0 radical (unpaired) electrons. The van der Waals surface area contributed by atoms with Gasteiger partial charge >= 0.3 is 0 Å². The standard InChI is InChI=1S/C50H36N2O/c1-33-13-26-47-44(29-33)45-30-34(2)14-27-48(45)52(47)41-24-28-49-46(31-41)43-25-23-42(32-50(43)53-49)51(39-19-15-37(16-20-39)35-9-5-3-6-10-35)40-21-17-38(18-22-40)36-11-7-4-8-12-36/h3-32H,1-2H3. The van der Waals surface area contributed by atoms with Gasteiger partial charge in [-0.2, -0.15) is 0 Å². The number of furan rings is 1. The molecule has 0 N–H and O–H groups in total. The van der Waals surface area contributed by atoms with E-state index in [1.807, 2.05) is 0 Å². The number of anilines is 3. The first kappa shape index (κ1) is 30.9. The summed E-state index contributed by atoms with van der Waals surface area (Å²) in [5.74, 6) is 0. The molecule has 0 amide bonds. The average Bonchev–Trinajstić information content (AvgIpc) is 3.73. The van der Waals surface area contributed by atoms with Crippen molar-refractivity contribution < 1.29 is 4.42 Å². The van der Waals surface area contributed by atoms with Gasteiger partial charge in [0, 0.05) is 50.4 Å². The highest BCUT2D eigenvalue weighted by Crippen LogP contribution is 2.41. The molecule has 0 bridgehead atoms. The Balaban J connectivity index is 1.09. The first-order chi connectivity index (χ1) is 26.1. The lowest BCUT2D eigenvalue weighted by atomic mass is 10.0. The molecular weight excluding hydrogens is 645 g/mol. The van der Waals surface area contributed by atoms with Crippen LogP contribution < -0.4 is 4.90 Å². The van der Waals surface area contributed by atoms with E-state index in [1.54, 1.807) is 0 Å². The third-order valence-electron chi connectivity index (χ3n) is 10.5. The molecule has 252 valence electrons. The van der Waals surface area contributed by atoms with E-state index in [0.717, 1.165) is 44.7 Å². The topological polar surface area (TPSA) is 21.3 Å². The Hall–Kier alpha value is -6.84. The van der Waals surface area contributed by atoms with Gasteiger partial charge in [-0.25, -0.2) is 0 Å². The molecule has 2 aromatic heterocycles. The van der Waals surface area contributed by atoms with E-state index in [2.05, 4.69) is 205 Å². The highest BCUT2D eigenvalue weighted by molar-refractivity contribution is 6.11. The highest BCUT2D eigenvalue weighted by Gasteiger charge is 2.18. The predicted octanol–water partition coefficient (Wildman–Crippen LogP) is 14.1. The monoisotopic (exact) mass is 680 g/mol. The molecule has 53 heavy (non-hydrogen) atoms. The Labute approximate surface area is 308 Å². The molecule has 2 heterocycles. The molecule has 0 unspecified atom stereocenters. The molecule has 0 fully saturated rings. The lowest BCUT2D eigenvalue weighted by Gasteiger charge is -2.26. The van der Waals surface area contributed by atoms with Crippen LogP contribution in [0.15, 0.2) is 186 Å². The summed E-state index contributed by atoms with van der Waals surface area (Å²) in [5.41, 5.74) is 15.7. The van der Waals surface area contributed by atoms with Gasteiger partial charge in [0.2, 0.25) is 0 Å². The second kappa shape index (κ2) is 12.4. The maximum Gasteiger partial charge on any atom is 0.137 e. The number of aryl methyl sites for hydroxylation is 2. The van der Waals surface area contributed by atoms with Crippen LogP contribution in [-0.4, -0.2) is 4.57 Å². The second-order valence-corrected chi connectivity index (χ2v) is 14.0. The summed E-state index contributed by atoms with van der Waals surface area (Å²) >= 11 is 0. The Kier molecular flexibility index (Phi) is 7.26. The lowest BCUT2D eigenvalue weighted by molar-refractivity contribution is 0.669. The van der Waals surface area contributed by atoms with Crippen molar-refractivity contribution in [3.8, 4) is 27.9 Å². The zero-order chi connectivity index (χ0) is 35.5. The van der Waals surface area contributed by atoms with Crippen LogP contribution in [0.4, 0.5) is 17.1 Å². The summed E-state index contributed by atoms with van der Waals surface area (Å²) in [6.07, 6.45) is 0. The van der Waals surface area contributed by atoms with Gasteiger partial charge in [0.05, 0.1) is 11.0 Å². The molecule has 0 saturated carbocycles. The van der Waals surface area contributed by atoms with Gasteiger partial charge in [0.15, 0.2) is 0 Å². The van der Waals surface area contributed by atoms with E-state index in [0.29, 0.717) is 0 Å². The SMILES string of the molecule is Cc1ccc2c(c1)c1cc(C)ccc1n2-c1ccc2oc3cc(N(c4ccc(-c5ccccc5)cc4)c4ccc(-c5ccccc5)cc4)ccc3c2c1. The molecule has 0 aliphatic rings. The number of benzene rings is 8. The molecule has 0 atom stereocenters. The Morgan fingerprint density at radius 3 is 1.43 bits per heavy atom. The second-order valence-electron chi connectivity index (χ2n) is 14.0.